The Balaban J connectivity index is 1.47. The fourth-order valence-electron chi connectivity index (χ4n) is 3.34. The maximum Gasteiger partial charge on any atom is 0.224 e. The van der Waals surface area contributed by atoms with E-state index in [1.54, 1.807) is 44.6 Å². The van der Waals surface area contributed by atoms with E-state index in [9.17, 15) is 5.11 Å². The fourth-order valence-corrected chi connectivity index (χ4v) is 3.34. The van der Waals surface area contributed by atoms with E-state index in [0.717, 1.165) is 23.2 Å². The van der Waals surface area contributed by atoms with E-state index in [-0.39, 0.29) is 0 Å². The lowest BCUT2D eigenvalue weighted by Gasteiger charge is -2.17. The topological polar surface area (TPSA) is 105 Å². The molecule has 1 fully saturated rings. The van der Waals surface area contributed by atoms with Crippen LogP contribution in [0.15, 0.2) is 42.9 Å². The minimum absolute atomic E-state index is 0.344. The Morgan fingerprint density at radius 1 is 1.13 bits per heavy atom. The van der Waals surface area contributed by atoms with Crippen LogP contribution in [0, 0.1) is 24.2 Å². The number of nitriles is 1. The third-order valence-electron chi connectivity index (χ3n) is 5.23. The maximum atomic E-state index is 10.1. The van der Waals surface area contributed by atoms with E-state index in [1.165, 1.54) is 0 Å². The van der Waals surface area contributed by atoms with Crippen LogP contribution in [0.3, 0.4) is 0 Å². The highest BCUT2D eigenvalue weighted by Crippen LogP contribution is 2.47. The van der Waals surface area contributed by atoms with Crippen molar-refractivity contribution in [1.29, 1.82) is 5.26 Å². The van der Waals surface area contributed by atoms with Crippen molar-refractivity contribution in [3.8, 4) is 23.1 Å². The molecular formula is C23H23N5O2. The number of ether oxygens (including phenoxy) is 1. The lowest BCUT2D eigenvalue weighted by molar-refractivity contribution is 0.0739. The van der Waals surface area contributed by atoms with Gasteiger partial charge >= 0.3 is 0 Å². The highest BCUT2D eigenvalue weighted by Gasteiger charge is 2.40. The first kappa shape index (κ1) is 19.9. The van der Waals surface area contributed by atoms with Crippen LogP contribution in [-0.2, 0) is 5.60 Å². The molecule has 0 radical (unpaired) electrons. The third kappa shape index (κ3) is 4.29. The monoisotopic (exact) mass is 401 g/mol. The summed E-state index contributed by atoms with van der Waals surface area (Å²) in [6.45, 7) is 5.76. The van der Waals surface area contributed by atoms with Crippen LogP contribution >= 0.6 is 0 Å². The van der Waals surface area contributed by atoms with E-state index in [4.69, 9.17) is 10.00 Å². The highest BCUT2D eigenvalue weighted by atomic mass is 16.5. The molecule has 30 heavy (non-hydrogen) atoms. The first-order chi connectivity index (χ1) is 14.3. The molecule has 2 atom stereocenters. The Labute approximate surface area is 175 Å². The summed E-state index contributed by atoms with van der Waals surface area (Å²) in [6.07, 6.45) is 6.06. The van der Waals surface area contributed by atoms with Gasteiger partial charge in [-0.05, 0) is 45.4 Å². The van der Waals surface area contributed by atoms with Gasteiger partial charge < -0.3 is 9.84 Å². The van der Waals surface area contributed by atoms with Crippen molar-refractivity contribution in [3.05, 3.63) is 65.6 Å². The molecule has 0 spiro atoms. The normalized spacial score (nSPS) is 18.0. The van der Waals surface area contributed by atoms with Crippen LogP contribution in [0.5, 0.6) is 5.88 Å². The van der Waals surface area contributed by atoms with E-state index in [1.807, 2.05) is 19.1 Å². The number of aromatic nitrogens is 4. The third-order valence-corrected chi connectivity index (χ3v) is 5.23. The van der Waals surface area contributed by atoms with Gasteiger partial charge in [-0.2, -0.15) is 10.2 Å². The van der Waals surface area contributed by atoms with Crippen molar-refractivity contribution in [2.45, 2.75) is 38.7 Å². The minimum Gasteiger partial charge on any atom is -0.477 e. The predicted octanol–water partition coefficient (Wildman–Crippen LogP) is 3.52. The summed E-state index contributed by atoms with van der Waals surface area (Å²) in [5.74, 6) is 1.87. The summed E-state index contributed by atoms with van der Waals surface area (Å²) in [7, 11) is 0. The van der Waals surface area contributed by atoms with E-state index >= 15 is 0 Å². The van der Waals surface area contributed by atoms with Crippen LogP contribution in [0.4, 0.5) is 0 Å². The Kier molecular flexibility index (Phi) is 5.18. The van der Waals surface area contributed by atoms with Gasteiger partial charge in [0.1, 0.15) is 17.5 Å². The molecule has 3 heterocycles. The number of hydrogen-bond acceptors (Lipinski definition) is 7. The molecule has 3 aromatic rings. The number of aliphatic hydroxyl groups is 1. The van der Waals surface area contributed by atoms with Crippen molar-refractivity contribution in [3.63, 3.8) is 0 Å². The molecule has 4 rings (SSSR count). The van der Waals surface area contributed by atoms with Crippen molar-refractivity contribution < 1.29 is 9.84 Å². The van der Waals surface area contributed by atoms with E-state index in [2.05, 4.69) is 26.0 Å². The number of nitrogens with zero attached hydrogens (tertiary/aromatic N) is 5. The average molecular weight is 401 g/mol. The zero-order chi connectivity index (χ0) is 21.3. The van der Waals surface area contributed by atoms with Crippen molar-refractivity contribution in [2.24, 2.45) is 5.92 Å². The van der Waals surface area contributed by atoms with Crippen molar-refractivity contribution in [2.75, 3.05) is 6.61 Å². The van der Waals surface area contributed by atoms with Gasteiger partial charge in [0.2, 0.25) is 5.88 Å². The van der Waals surface area contributed by atoms with Gasteiger partial charge in [-0.25, -0.2) is 4.98 Å². The Morgan fingerprint density at radius 2 is 1.97 bits per heavy atom. The average Bonchev–Trinajstić information content (AvgIpc) is 3.51. The molecule has 1 N–H and O–H groups in total. The standard InChI is InChI=1S/C23H23N5O2/c1-14-25-12-19(16-5-7-21(27-11-16)23(2,3)29)22(28-14)30-13-17-8-18(17)20-6-4-15(9-24)10-26-20/h4-7,10-12,17-18,29H,8,13H2,1-3H3. The van der Waals surface area contributed by atoms with Gasteiger partial charge in [-0.1, -0.05) is 6.07 Å². The molecule has 1 saturated carbocycles. The molecule has 3 aromatic heterocycles. The lowest BCUT2D eigenvalue weighted by Crippen LogP contribution is -2.17. The summed E-state index contributed by atoms with van der Waals surface area (Å²) in [4.78, 5) is 17.5. The molecule has 2 unspecified atom stereocenters. The number of aryl methyl sites for hydroxylation is 1. The molecule has 1 aliphatic carbocycles. The van der Waals surface area contributed by atoms with Crippen LogP contribution in [0.2, 0.25) is 0 Å². The van der Waals surface area contributed by atoms with Gasteiger partial charge in [0.05, 0.1) is 23.4 Å². The summed E-state index contributed by atoms with van der Waals surface area (Å²) in [6, 6.07) is 9.49. The molecule has 0 bridgehead atoms. The van der Waals surface area contributed by atoms with Crippen LogP contribution in [0.1, 0.15) is 49.0 Å². The van der Waals surface area contributed by atoms with E-state index in [0.29, 0.717) is 41.4 Å². The first-order valence-electron chi connectivity index (χ1n) is 9.87. The Morgan fingerprint density at radius 3 is 2.60 bits per heavy atom. The number of pyridine rings is 2. The van der Waals surface area contributed by atoms with Gasteiger partial charge in [-0.3, -0.25) is 9.97 Å². The zero-order valence-corrected chi connectivity index (χ0v) is 17.2. The molecule has 1 aliphatic rings. The first-order valence-corrected chi connectivity index (χ1v) is 9.87. The molecule has 0 aromatic carbocycles. The smallest absolute Gasteiger partial charge is 0.224 e. The van der Waals surface area contributed by atoms with Crippen LogP contribution in [-0.4, -0.2) is 31.6 Å². The molecule has 7 heteroatoms. The van der Waals surface area contributed by atoms with Gasteiger partial charge in [0.15, 0.2) is 0 Å². The molecule has 0 amide bonds. The number of hydrogen-bond donors (Lipinski definition) is 1. The second kappa shape index (κ2) is 7.81. The molecule has 0 aliphatic heterocycles. The Bertz CT molecular complexity index is 1080. The molecule has 152 valence electrons. The lowest BCUT2D eigenvalue weighted by atomic mass is 10.0. The maximum absolute atomic E-state index is 10.1. The summed E-state index contributed by atoms with van der Waals surface area (Å²) in [5, 5.41) is 19.0. The van der Waals surface area contributed by atoms with Gasteiger partial charge in [-0.15, -0.1) is 0 Å². The van der Waals surface area contributed by atoms with Crippen LogP contribution < -0.4 is 4.74 Å². The molecule has 0 saturated heterocycles. The van der Waals surface area contributed by atoms with Crippen molar-refractivity contribution >= 4 is 0 Å². The number of rotatable bonds is 6. The van der Waals surface area contributed by atoms with Gasteiger partial charge in [0.25, 0.3) is 0 Å². The zero-order valence-electron chi connectivity index (χ0n) is 17.2. The fraction of sp³-hybridized carbons (Fsp3) is 0.348. The summed E-state index contributed by atoms with van der Waals surface area (Å²) < 4.78 is 6.08. The molecular weight excluding hydrogens is 378 g/mol. The quantitative estimate of drug-likeness (QED) is 0.674. The molecule has 7 nitrogen and oxygen atoms in total. The second-order valence-corrected chi connectivity index (χ2v) is 8.12. The van der Waals surface area contributed by atoms with Crippen LogP contribution in [0.25, 0.3) is 11.1 Å². The predicted molar refractivity (Wildman–Crippen MR) is 111 cm³/mol. The Hall–Kier alpha value is -3.37. The summed E-state index contributed by atoms with van der Waals surface area (Å²) >= 11 is 0. The minimum atomic E-state index is -0.998. The highest BCUT2D eigenvalue weighted by molar-refractivity contribution is 5.67. The SMILES string of the molecule is Cc1ncc(-c2ccc(C(C)(C)O)nc2)c(OCC2CC2c2ccc(C#N)cn2)n1. The van der Waals surface area contributed by atoms with Gasteiger partial charge in [0, 0.05) is 41.7 Å². The van der Waals surface area contributed by atoms with Crippen molar-refractivity contribution in [1.82, 2.24) is 19.9 Å². The summed E-state index contributed by atoms with van der Waals surface area (Å²) in [5.41, 5.74) is 2.76. The van der Waals surface area contributed by atoms with E-state index < -0.39 is 5.60 Å². The largest absolute Gasteiger partial charge is 0.477 e. The second-order valence-electron chi connectivity index (χ2n) is 8.12.